The van der Waals surface area contributed by atoms with Gasteiger partial charge in [-0.15, -0.1) is 0 Å². The van der Waals surface area contributed by atoms with Crippen LogP contribution in [0.2, 0.25) is 0 Å². The van der Waals surface area contributed by atoms with Crippen molar-refractivity contribution < 1.29 is 0 Å². The van der Waals surface area contributed by atoms with Crippen LogP contribution in [-0.4, -0.2) is 27.8 Å². The van der Waals surface area contributed by atoms with E-state index in [1.54, 1.807) is 0 Å². The molecule has 1 aliphatic heterocycles. The van der Waals surface area contributed by atoms with Gasteiger partial charge in [-0.1, -0.05) is 6.42 Å². The van der Waals surface area contributed by atoms with Crippen molar-refractivity contribution in [2.24, 2.45) is 0 Å². The Hall–Kier alpha value is -0.830. The molecule has 0 aromatic carbocycles. The molecule has 3 nitrogen and oxygen atoms in total. The van der Waals surface area contributed by atoms with Crippen molar-refractivity contribution in [1.29, 1.82) is 0 Å². The smallest absolute Gasteiger partial charge is 0.0638 e. The van der Waals surface area contributed by atoms with E-state index < -0.39 is 0 Å². The first-order valence-corrected chi connectivity index (χ1v) is 6.05. The van der Waals surface area contributed by atoms with Crippen molar-refractivity contribution in [3.63, 3.8) is 0 Å². The van der Waals surface area contributed by atoms with Crippen LogP contribution < -0.4 is 0 Å². The van der Waals surface area contributed by atoms with E-state index in [9.17, 15) is 0 Å². The zero-order valence-electron chi connectivity index (χ0n) is 9.87. The van der Waals surface area contributed by atoms with Crippen LogP contribution in [0.1, 0.15) is 37.4 Å². The Morgan fingerprint density at radius 2 is 2.00 bits per heavy atom. The van der Waals surface area contributed by atoms with E-state index >= 15 is 0 Å². The van der Waals surface area contributed by atoms with Gasteiger partial charge in [0, 0.05) is 24.8 Å². The number of piperidine rings is 1. The van der Waals surface area contributed by atoms with Crippen molar-refractivity contribution in [2.75, 3.05) is 13.1 Å². The van der Waals surface area contributed by atoms with Gasteiger partial charge in [-0.3, -0.25) is 9.58 Å². The molecule has 0 bridgehead atoms. The minimum absolute atomic E-state index is 0.973. The highest BCUT2D eigenvalue weighted by molar-refractivity contribution is 5.15. The second kappa shape index (κ2) is 4.79. The van der Waals surface area contributed by atoms with Crippen molar-refractivity contribution in [1.82, 2.24) is 14.7 Å². The monoisotopic (exact) mass is 207 g/mol. The first kappa shape index (κ1) is 10.7. The van der Waals surface area contributed by atoms with Crippen LogP contribution >= 0.6 is 0 Å². The fraction of sp³-hybridized carbons (Fsp3) is 0.750. The van der Waals surface area contributed by atoms with Gasteiger partial charge in [-0.2, -0.15) is 5.10 Å². The molecule has 3 heteroatoms. The van der Waals surface area contributed by atoms with Gasteiger partial charge in [0.15, 0.2) is 0 Å². The van der Waals surface area contributed by atoms with Crippen molar-refractivity contribution >= 4 is 0 Å². The summed E-state index contributed by atoms with van der Waals surface area (Å²) in [6.45, 7) is 8.84. The average Bonchev–Trinajstić information content (AvgIpc) is 2.61. The van der Waals surface area contributed by atoms with Gasteiger partial charge in [0.25, 0.3) is 0 Å². The number of likely N-dealkylation sites (tertiary alicyclic amines) is 1. The van der Waals surface area contributed by atoms with E-state index in [0.29, 0.717) is 0 Å². The van der Waals surface area contributed by atoms with Crippen LogP contribution in [0.25, 0.3) is 0 Å². The maximum absolute atomic E-state index is 4.48. The SMILES string of the molecule is CCn1cc(CN2CCCCC2)c(C)n1. The molecule has 1 aromatic heterocycles. The quantitative estimate of drug-likeness (QED) is 0.757. The molecule has 1 aliphatic rings. The van der Waals surface area contributed by atoms with Crippen LogP contribution in [0.3, 0.4) is 0 Å². The summed E-state index contributed by atoms with van der Waals surface area (Å²) in [6, 6.07) is 0. The van der Waals surface area contributed by atoms with Gasteiger partial charge in [0.05, 0.1) is 5.69 Å². The van der Waals surface area contributed by atoms with Crippen molar-refractivity contribution in [2.45, 2.75) is 46.2 Å². The van der Waals surface area contributed by atoms with Crippen molar-refractivity contribution in [3.05, 3.63) is 17.5 Å². The Balaban J connectivity index is 1.99. The van der Waals surface area contributed by atoms with Gasteiger partial charge in [0.1, 0.15) is 0 Å². The van der Waals surface area contributed by atoms with Gasteiger partial charge >= 0.3 is 0 Å². The maximum Gasteiger partial charge on any atom is 0.0638 e. The summed E-state index contributed by atoms with van der Waals surface area (Å²) in [6.07, 6.45) is 6.33. The summed E-state index contributed by atoms with van der Waals surface area (Å²) >= 11 is 0. The van der Waals surface area contributed by atoms with Crippen LogP contribution in [0, 0.1) is 6.92 Å². The van der Waals surface area contributed by atoms with E-state index in [1.165, 1.54) is 43.6 Å². The van der Waals surface area contributed by atoms with Crippen LogP contribution in [0.15, 0.2) is 6.20 Å². The molecule has 1 aromatic rings. The molecule has 0 saturated carbocycles. The third-order valence-corrected chi connectivity index (χ3v) is 3.21. The molecule has 0 radical (unpaired) electrons. The van der Waals surface area contributed by atoms with Gasteiger partial charge < -0.3 is 0 Å². The number of rotatable bonds is 3. The van der Waals surface area contributed by atoms with E-state index in [0.717, 1.165) is 13.1 Å². The molecule has 2 heterocycles. The van der Waals surface area contributed by atoms with E-state index in [-0.39, 0.29) is 0 Å². The fourth-order valence-corrected chi connectivity index (χ4v) is 2.23. The lowest BCUT2D eigenvalue weighted by Crippen LogP contribution is -2.29. The van der Waals surface area contributed by atoms with Crippen LogP contribution in [0.4, 0.5) is 0 Å². The largest absolute Gasteiger partial charge is 0.299 e. The molecule has 1 fully saturated rings. The molecule has 0 atom stereocenters. The fourth-order valence-electron chi connectivity index (χ4n) is 2.23. The Morgan fingerprint density at radius 3 is 2.60 bits per heavy atom. The van der Waals surface area contributed by atoms with Gasteiger partial charge in [-0.25, -0.2) is 0 Å². The summed E-state index contributed by atoms with van der Waals surface area (Å²) in [7, 11) is 0. The Labute approximate surface area is 92.1 Å². The Morgan fingerprint density at radius 1 is 1.27 bits per heavy atom. The second-order valence-corrected chi connectivity index (χ2v) is 4.43. The predicted molar refractivity (Wildman–Crippen MR) is 61.8 cm³/mol. The van der Waals surface area contributed by atoms with Crippen LogP contribution in [-0.2, 0) is 13.1 Å². The minimum Gasteiger partial charge on any atom is -0.299 e. The van der Waals surface area contributed by atoms with Crippen LogP contribution in [0.5, 0.6) is 0 Å². The third kappa shape index (κ3) is 2.59. The standard InChI is InChI=1S/C12H21N3/c1-3-15-10-12(11(2)13-15)9-14-7-5-4-6-8-14/h10H,3-9H2,1-2H3. The Kier molecular flexibility index (Phi) is 3.41. The molecule has 0 spiro atoms. The lowest BCUT2D eigenvalue weighted by atomic mass is 10.1. The summed E-state index contributed by atoms with van der Waals surface area (Å²) in [5.41, 5.74) is 2.60. The topological polar surface area (TPSA) is 21.1 Å². The molecular formula is C12H21N3. The number of hydrogen-bond donors (Lipinski definition) is 0. The lowest BCUT2D eigenvalue weighted by Gasteiger charge is -2.25. The highest BCUT2D eigenvalue weighted by Crippen LogP contribution is 2.14. The molecule has 15 heavy (non-hydrogen) atoms. The first-order valence-electron chi connectivity index (χ1n) is 6.05. The van der Waals surface area contributed by atoms with E-state index in [4.69, 9.17) is 0 Å². The summed E-state index contributed by atoms with van der Waals surface area (Å²) in [5, 5.41) is 4.48. The minimum atomic E-state index is 0.973. The summed E-state index contributed by atoms with van der Waals surface area (Å²) < 4.78 is 2.04. The van der Waals surface area contributed by atoms with E-state index in [2.05, 4.69) is 30.0 Å². The number of nitrogens with zero attached hydrogens (tertiary/aromatic N) is 3. The van der Waals surface area contributed by atoms with E-state index in [1.807, 2.05) is 4.68 Å². The van der Waals surface area contributed by atoms with Gasteiger partial charge in [0.2, 0.25) is 0 Å². The molecule has 0 amide bonds. The molecule has 84 valence electrons. The summed E-state index contributed by atoms with van der Waals surface area (Å²) in [4.78, 5) is 2.55. The molecular weight excluding hydrogens is 186 g/mol. The first-order chi connectivity index (χ1) is 7.29. The highest BCUT2D eigenvalue weighted by atomic mass is 15.3. The molecule has 1 saturated heterocycles. The number of aryl methyl sites for hydroxylation is 2. The normalized spacial score (nSPS) is 18.3. The molecule has 0 N–H and O–H groups in total. The summed E-state index contributed by atoms with van der Waals surface area (Å²) in [5.74, 6) is 0. The maximum atomic E-state index is 4.48. The zero-order valence-corrected chi connectivity index (χ0v) is 9.87. The molecule has 2 rings (SSSR count). The third-order valence-electron chi connectivity index (χ3n) is 3.21. The van der Waals surface area contributed by atoms with Crippen molar-refractivity contribution in [3.8, 4) is 0 Å². The second-order valence-electron chi connectivity index (χ2n) is 4.43. The lowest BCUT2D eigenvalue weighted by molar-refractivity contribution is 0.220. The number of aromatic nitrogens is 2. The zero-order chi connectivity index (χ0) is 10.7. The number of hydrogen-bond acceptors (Lipinski definition) is 2. The Bertz CT molecular complexity index is 311. The highest BCUT2D eigenvalue weighted by Gasteiger charge is 2.13. The van der Waals surface area contributed by atoms with Gasteiger partial charge in [-0.05, 0) is 39.8 Å². The molecule has 0 aliphatic carbocycles. The average molecular weight is 207 g/mol. The molecule has 0 unspecified atom stereocenters. The predicted octanol–water partition coefficient (Wildman–Crippen LogP) is 2.20.